The number of carboxylic acids is 1. The highest BCUT2D eigenvalue weighted by Crippen LogP contribution is 2.25. The van der Waals surface area contributed by atoms with Crippen LogP contribution in [0.2, 0.25) is 5.02 Å². The Balaban J connectivity index is 1.93. The molecule has 26 heavy (non-hydrogen) atoms. The lowest BCUT2D eigenvalue weighted by Crippen LogP contribution is -2.35. The zero-order valence-electron chi connectivity index (χ0n) is 13.6. The zero-order valence-corrected chi connectivity index (χ0v) is 16.0. The Morgan fingerprint density at radius 2 is 1.92 bits per heavy atom. The fourth-order valence-corrected chi connectivity index (χ4v) is 2.98. The van der Waals surface area contributed by atoms with Gasteiger partial charge in [0.15, 0.2) is 5.11 Å². The van der Waals surface area contributed by atoms with E-state index in [-0.39, 0.29) is 22.3 Å². The molecule has 9 heteroatoms. The number of rotatable bonds is 6. The minimum Gasteiger partial charge on any atom is -0.495 e. The third-order valence-electron chi connectivity index (χ3n) is 3.13. The Bertz CT molecular complexity index is 828. The molecule has 0 saturated carbocycles. The Kier molecular flexibility index (Phi) is 7.26. The molecule has 0 aromatic heterocycles. The number of benzene rings is 2. The first-order chi connectivity index (χ1) is 12.4. The number of carbonyl (C=O) groups is 2. The van der Waals surface area contributed by atoms with Crippen LogP contribution in [-0.4, -0.2) is 35.0 Å². The lowest BCUT2D eigenvalue weighted by atomic mass is 10.2. The van der Waals surface area contributed by atoms with Gasteiger partial charge in [-0.05, 0) is 54.7 Å². The fourth-order valence-electron chi connectivity index (χ4n) is 1.93. The smallest absolute Gasteiger partial charge is 0.335 e. The molecule has 1 amide bonds. The molecule has 6 nitrogen and oxygen atoms in total. The molecule has 2 aromatic carbocycles. The van der Waals surface area contributed by atoms with Crippen molar-refractivity contribution < 1.29 is 19.4 Å². The van der Waals surface area contributed by atoms with Crippen LogP contribution in [0, 0.1) is 0 Å². The number of thioether (sulfide) groups is 1. The predicted molar refractivity (Wildman–Crippen MR) is 106 cm³/mol. The summed E-state index contributed by atoms with van der Waals surface area (Å²) in [5.41, 5.74) is 0.420. The highest BCUT2D eigenvalue weighted by molar-refractivity contribution is 8.00. The number of aromatic carboxylic acids is 1. The summed E-state index contributed by atoms with van der Waals surface area (Å²) in [4.78, 5) is 24.0. The van der Waals surface area contributed by atoms with Crippen molar-refractivity contribution in [2.75, 3.05) is 18.2 Å². The second-order valence-corrected chi connectivity index (χ2v) is 6.86. The van der Waals surface area contributed by atoms with Gasteiger partial charge in [-0.25, -0.2) is 4.79 Å². The van der Waals surface area contributed by atoms with Crippen LogP contribution in [-0.2, 0) is 4.79 Å². The number of carboxylic acid groups (broad SMARTS) is 1. The van der Waals surface area contributed by atoms with Crippen molar-refractivity contribution in [2.24, 2.45) is 0 Å². The van der Waals surface area contributed by atoms with Gasteiger partial charge in [-0.2, -0.15) is 0 Å². The third-order valence-corrected chi connectivity index (χ3v) is 4.60. The Morgan fingerprint density at radius 3 is 2.54 bits per heavy atom. The molecule has 0 aliphatic rings. The van der Waals surface area contributed by atoms with Gasteiger partial charge in [-0.1, -0.05) is 11.6 Å². The van der Waals surface area contributed by atoms with Gasteiger partial charge in [-0.3, -0.25) is 4.79 Å². The zero-order chi connectivity index (χ0) is 19.1. The second-order valence-electron chi connectivity index (χ2n) is 4.97. The van der Waals surface area contributed by atoms with Crippen molar-refractivity contribution in [3.8, 4) is 5.75 Å². The molecule has 136 valence electrons. The van der Waals surface area contributed by atoms with Crippen molar-refractivity contribution in [1.82, 2.24) is 5.32 Å². The molecule has 3 N–H and O–H groups in total. The summed E-state index contributed by atoms with van der Waals surface area (Å²) in [6.45, 7) is 0. The van der Waals surface area contributed by atoms with E-state index in [1.165, 1.54) is 37.1 Å². The molecule has 0 aliphatic heterocycles. The van der Waals surface area contributed by atoms with E-state index in [1.54, 1.807) is 12.1 Å². The average Bonchev–Trinajstić information content (AvgIpc) is 2.61. The molecule has 0 aliphatic carbocycles. The minimum absolute atomic E-state index is 0.0487. The number of anilines is 1. The Hall–Kier alpha value is -2.29. The normalized spacial score (nSPS) is 10.1. The van der Waals surface area contributed by atoms with E-state index in [4.69, 9.17) is 33.7 Å². The van der Waals surface area contributed by atoms with Gasteiger partial charge in [0.25, 0.3) is 0 Å². The second kappa shape index (κ2) is 9.42. The largest absolute Gasteiger partial charge is 0.495 e. The molecule has 0 radical (unpaired) electrons. The topological polar surface area (TPSA) is 87.7 Å². The minimum atomic E-state index is -1.08. The van der Waals surface area contributed by atoms with Crippen LogP contribution < -0.4 is 15.4 Å². The molecule has 2 rings (SSSR count). The summed E-state index contributed by atoms with van der Waals surface area (Å²) in [7, 11) is 1.45. The van der Waals surface area contributed by atoms with Gasteiger partial charge in [0.05, 0.1) is 24.1 Å². The van der Waals surface area contributed by atoms with E-state index in [1.807, 2.05) is 12.1 Å². The van der Waals surface area contributed by atoms with Crippen LogP contribution in [0.3, 0.4) is 0 Å². The number of thiocarbonyl (C=S) groups is 1. The number of nitrogens with one attached hydrogen (secondary N) is 2. The molecule has 0 unspecified atom stereocenters. The maximum atomic E-state index is 12.0. The lowest BCUT2D eigenvalue weighted by Gasteiger charge is -2.13. The molecule has 2 aromatic rings. The SMILES string of the molecule is COc1ccc(C(=O)O)cc1NC(=S)NC(=O)CSc1ccc(Cl)cc1. The maximum absolute atomic E-state index is 12.0. The molecular formula is C17H15ClN2O4S2. The first-order valence-corrected chi connectivity index (χ1v) is 9.06. The molecule has 0 heterocycles. The van der Waals surface area contributed by atoms with E-state index < -0.39 is 5.97 Å². The van der Waals surface area contributed by atoms with Gasteiger partial charge >= 0.3 is 5.97 Å². The Morgan fingerprint density at radius 1 is 1.23 bits per heavy atom. The van der Waals surface area contributed by atoms with Crippen molar-refractivity contribution in [2.45, 2.75) is 4.90 Å². The maximum Gasteiger partial charge on any atom is 0.335 e. The highest BCUT2D eigenvalue weighted by Gasteiger charge is 2.12. The van der Waals surface area contributed by atoms with Gasteiger partial charge in [0.1, 0.15) is 5.75 Å². The third kappa shape index (κ3) is 5.91. The molecular weight excluding hydrogens is 396 g/mol. The number of carbonyl (C=O) groups excluding carboxylic acids is 1. The van der Waals surface area contributed by atoms with Crippen molar-refractivity contribution >= 4 is 58.3 Å². The van der Waals surface area contributed by atoms with E-state index >= 15 is 0 Å². The van der Waals surface area contributed by atoms with Crippen LogP contribution in [0.5, 0.6) is 5.75 Å². The number of halogens is 1. The predicted octanol–water partition coefficient (Wildman–Crippen LogP) is 3.65. The van der Waals surface area contributed by atoms with Gasteiger partial charge in [-0.15, -0.1) is 11.8 Å². The molecule has 0 bridgehead atoms. The average molecular weight is 411 g/mol. The number of methoxy groups -OCH3 is 1. The standard InChI is InChI=1S/C17H15ClN2O4S2/c1-24-14-7-2-10(16(22)23)8-13(14)19-17(25)20-15(21)9-26-12-5-3-11(18)4-6-12/h2-8H,9H2,1H3,(H,22,23)(H2,19,20,21,25). The summed E-state index contributed by atoms with van der Waals surface area (Å²) in [6, 6.07) is 11.4. The monoisotopic (exact) mass is 410 g/mol. The quantitative estimate of drug-likeness (QED) is 0.494. The van der Waals surface area contributed by atoms with Crippen LogP contribution in [0.4, 0.5) is 5.69 Å². The lowest BCUT2D eigenvalue weighted by molar-refractivity contribution is -0.117. The summed E-state index contributed by atoms with van der Waals surface area (Å²) in [5, 5.41) is 15.1. The van der Waals surface area contributed by atoms with Gasteiger partial charge in [0, 0.05) is 9.92 Å². The molecule has 0 fully saturated rings. The van der Waals surface area contributed by atoms with Gasteiger partial charge in [0.2, 0.25) is 5.91 Å². The molecule has 0 atom stereocenters. The van der Waals surface area contributed by atoms with Crippen molar-refractivity contribution in [1.29, 1.82) is 0 Å². The number of hydrogen-bond donors (Lipinski definition) is 3. The molecule has 0 saturated heterocycles. The van der Waals surface area contributed by atoms with Crippen molar-refractivity contribution in [3.63, 3.8) is 0 Å². The number of ether oxygens (including phenoxy) is 1. The van der Waals surface area contributed by atoms with E-state index in [0.717, 1.165) is 4.90 Å². The van der Waals surface area contributed by atoms with Gasteiger partial charge < -0.3 is 20.5 Å². The van der Waals surface area contributed by atoms with Crippen LogP contribution in [0.1, 0.15) is 10.4 Å². The summed E-state index contributed by atoms with van der Waals surface area (Å²) in [6.07, 6.45) is 0. The first kappa shape index (κ1) is 20.0. The van der Waals surface area contributed by atoms with E-state index in [0.29, 0.717) is 16.5 Å². The summed E-state index contributed by atoms with van der Waals surface area (Å²) in [5.74, 6) is -0.807. The number of hydrogen-bond acceptors (Lipinski definition) is 5. The van der Waals surface area contributed by atoms with Crippen LogP contribution in [0.15, 0.2) is 47.4 Å². The summed E-state index contributed by atoms with van der Waals surface area (Å²) < 4.78 is 5.16. The van der Waals surface area contributed by atoms with Crippen LogP contribution in [0.25, 0.3) is 0 Å². The van der Waals surface area contributed by atoms with Crippen molar-refractivity contribution in [3.05, 3.63) is 53.1 Å². The molecule has 0 spiro atoms. The summed E-state index contributed by atoms with van der Waals surface area (Å²) >= 11 is 12.3. The Labute approximate surface area is 164 Å². The van der Waals surface area contributed by atoms with E-state index in [2.05, 4.69) is 10.6 Å². The number of amides is 1. The highest BCUT2D eigenvalue weighted by atomic mass is 35.5. The fraction of sp³-hybridized carbons (Fsp3) is 0.118. The van der Waals surface area contributed by atoms with Crippen LogP contribution >= 0.6 is 35.6 Å². The van der Waals surface area contributed by atoms with E-state index in [9.17, 15) is 9.59 Å². The first-order valence-electron chi connectivity index (χ1n) is 7.29.